The Labute approximate surface area is 140 Å². The standard InChI is InChI=1S/C18H31N3O2/c1-3-22-17-7-6-16(18(14-17)23-4-2)15-21-12-10-20(11-13-21)9-5-8-19/h6-7,14H,3-5,8-13,15,19H2,1-2H3. The fourth-order valence-electron chi connectivity index (χ4n) is 2.94. The number of hydrogen-bond acceptors (Lipinski definition) is 5. The van der Waals surface area contributed by atoms with Gasteiger partial charge in [-0.2, -0.15) is 0 Å². The van der Waals surface area contributed by atoms with Crippen LogP contribution in [0.1, 0.15) is 25.8 Å². The largest absolute Gasteiger partial charge is 0.494 e. The third kappa shape index (κ3) is 5.68. The maximum Gasteiger partial charge on any atom is 0.127 e. The highest BCUT2D eigenvalue weighted by Crippen LogP contribution is 2.26. The molecule has 0 atom stereocenters. The van der Waals surface area contributed by atoms with Crippen molar-refractivity contribution in [1.82, 2.24) is 9.80 Å². The summed E-state index contributed by atoms with van der Waals surface area (Å²) in [7, 11) is 0. The van der Waals surface area contributed by atoms with Crippen LogP contribution in [0.2, 0.25) is 0 Å². The smallest absolute Gasteiger partial charge is 0.127 e. The number of benzene rings is 1. The average Bonchev–Trinajstić information content (AvgIpc) is 2.57. The van der Waals surface area contributed by atoms with E-state index in [4.69, 9.17) is 15.2 Å². The molecule has 1 aliphatic rings. The second-order valence-corrected chi connectivity index (χ2v) is 5.90. The molecular weight excluding hydrogens is 290 g/mol. The highest BCUT2D eigenvalue weighted by atomic mass is 16.5. The second-order valence-electron chi connectivity index (χ2n) is 5.90. The quantitative estimate of drug-likeness (QED) is 0.753. The lowest BCUT2D eigenvalue weighted by molar-refractivity contribution is 0.125. The first-order chi connectivity index (χ1) is 11.3. The monoisotopic (exact) mass is 321 g/mol. The Morgan fingerprint density at radius 1 is 1.00 bits per heavy atom. The molecule has 2 N–H and O–H groups in total. The molecule has 130 valence electrons. The molecule has 1 aliphatic heterocycles. The van der Waals surface area contributed by atoms with Gasteiger partial charge in [-0.15, -0.1) is 0 Å². The predicted molar refractivity (Wildman–Crippen MR) is 94.2 cm³/mol. The van der Waals surface area contributed by atoms with E-state index in [9.17, 15) is 0 Å². The van der Waals surface area contributed by atoms with E-state index in [1.807, 2.05) is 26.0 Å². The number of ether oxygens (including phenoxy) is 2. The van der Waals surface area contributed by atoms with Gasteiger partial charge in [0.25, 0.3) is 0 Å². The Balaban J connectivity index is 1.92. The van der Waals surface area contributed by atoms with E-state index < -0.39 is 0 Å². The summed E-state index contributed by atoms with van der Waals surface area (Å²) in [6.07, 6.45) is 1.09. The number of rotatable bonds is 9. The number of piperazine rings is 1. The normalized spacial score (nSPS) is 16.5. The minimum Gasteiger partial charge on any atom is -0.494 e. The summed E-state index contributed by atoms with van der Waals surface area (Å²) in [4.78, 5) is 5.00. The summed E-state index contributed by atoms with van der Waals surface area (Å²) in [6.45, 7) is 12.7. The van der Waals surface area contributed by atoms with Crippen molar-refractivity contribution in [1.29, 1.82) is 0 Å². The molecule has 0 bridgehead atoms. The zero-order chi connectivity index (χ0) is 16.5. The maximum atomic E-state index is 5.81. The Bertz CT molecular complexity index is 460. The highest BCUT2D eigenvalue weighted by Gasteiger charge is 2.18. The summed E-state index contributed by atoms with van der Waals surface area (Å²) in [5.74, 6) is 1.83. The Hall–Kier alpha value is -1.30. The van der Waals surface area contributed by atoms with Crippen molar-refractivity contribution >= 4 is 0 Å². The average molecular weight is 321 g/mol. The molecule has 0 unspecified atom stereocenters. The van der Waals surface area contributed by atoms with E-state index in [0.717, 1.165) is 63.7 Å². The van der Waals surface area contributed by atoms with Crippen molar-refractivity contribution in [3.8, 4) is 11.5 Å². The van der Waals surface area contributed by atoms with E-state index in [1.165, 1.54) is 5.56 Å². The lowest BCUT2D eigenvalue weighted by atomic mass is 10.1. The summed E-state index contributed by atoms with van der Waals surface area (Å²) in [6, 6.07) is 6.19. The van der Waals surface area contributed by atoms with Gasteiger partial charge in [0.1, 0.15) is 11.5 Å². The molecule has 1 fully saturated rings. The zero-order valence-electron chi connectivity index (χ0n) is 14.6. The number of nitrogens with two attached hydrogens (primary N) is 1. The van der Waals surface area contributed by atoms with Crippen LogP contribution in [0.15, 0.2) is 18.2 Å². The fraction of sp³-hybridized carbons (Fsp3) is 0.667. The predicted octanol–water partition coefficient (Wildman–Crippen LogP) is 1.95. The third-order valence-corrected chi connectivity index (χ3v) is 4.19. The van der Waals surface area contributed by atoms with Gasteiger partial charge in [-0.25, -0.2) is 0 Å². The Morgan fingerprint density at radius 2 is 1.70 bits per heavy atom. The first kappa shape index (κ1) is 18.0. The molecule has 2 rings (SSSR count). The molecule has 0 radical (unpaired) electrons. The van der Waals surface area contributed by atoms with Crippen molar-refractivity contribution in [3.05, 3.63) is 23.8 Å². The molecule has 23 heavy (non-hydrogen) atoms. The summed E-state index contributed by atoms with van der Waals surface area (Å²) < 4.78 is 11.4. The van der Waals surface area contributed by atoms with Gasteiger partial charge in [-0.3, -0.25) is 4.90 Å². The molecule has 0 saturated carbocycles. The van der Waals surface area contributed by atoms with Crippen molar-refractivity contribution in [2.24, 2.45) is 5.73 Å². The van der Waals surface area contributed by atoms with E-state index in [2.05, 4.69) is 15.9 Å². The Kier molecular flexibility index (Phi) is 7.65. The van der Waals surface area contributed by atoms with Crippen LogP contribution in [0.5, 0.6) is 11.5 Å². The highest BCUT2D eigenvalue weighted by molar-refractivity contribution is 5.40. The molecule has 5 heteroatoms. The van der Waals surface area contributed by atoms with Gasteiger partial charge in [0, 0.05) is 44.4 Å². The molecule has 1 aromatic carbocycles. The van der Waals surface area contributed by atoms with Gasteiger partial charge in [-0.1, -0.05) is 6.07 Å². The lowest BCUT2D eigenvalue weighted by Crippen LogP contribution is -2.46. The van der Waals surface area contributed by atoms with Gasteiger partial charge < -0.3 is 20.1 Å². The fourth-order valence-corrected chi connectivity index (χ4v) is 2.94. The van der Waals surface area contributed by atoms with Gasteiger partial charge in [0.05, 0.1) is 13.2 Å². The van der Waals surface area contributed by atoms with Crippen molar-refractivity contribution in [2.45, 2.75) is 26.8 Å². The number of nitrogens with zero attached hydrogens (tertiary/aromatic N) is 2. The first-order valence-electron chi connectivity index (χ1n) is 8.80. The van der Waals surface area contributed by atoms with E-state index in [1.54, 1.807) is 0 Å². The van der Waals surface area contributed by atoms with Crippen LogP contribution in [0.3, 0.4) is 0 Å². The van der Waals surface area contributed by atoms with E-state index in [-0.39, 0.29) is 0 Å². The van der Waals surface area contributed by atoms with Crippen molar-refractivity contribution in [2.75, 3.05) is 52.5 Å². The van der Waals surface area contributed by atoms with E-state index in [0.29, 0.717) is 13.2 Å². The molecular formula is C18H31N3O2. The van der Waals surface area contributed by atoms with Crippen LogP contribution in [0, 0.1) is 0 Å². The van der Waals surface area contributed by atoms with Crippen LogP contribution in [0.25, 0.3) is 0 Å². The summed E-state index contributed by atoms with van der Waals surface area (Å²) in [5, 5.41) is 0. The number of hydrogen-bond donors (Lipinski definition) is 1. The first-order valence-corrected chi connectivity index (χ1v) is 8.80. The molecule has 5 nitrogen and oxygen atoms in total. The van der Waals surface area contributed by atoms with Crippen LogP contribution < -0.4 is 15.2 Å². The molecule has 0 spiro atoms. The molecule has 0 aromatic heterocycles. The minimum absolute atomic E-state index is 0.676. The maximum absolute atomic E-state index is 5.81. The van der Waals surface area contributed by atoms with Crippen LogP contribution in [-0.4, -0.2) is 62.3 Å². The Morgan fingerprint density at radius 3 is 2.35 bits per heavy atom. The molecule has 1 aromatic rings. The lowest BCUT2D eigenvalue weighted by Gasteiger charge is -2.34. The van der Waals surface area contributed by atoms with Gasteiger partial charge in [0.15, 0.2) is 0 Å². The van der Waals surface area contributed by atoms with Gasteiger partial charge >= 0.3 is 0 Å². The van der Waals surface area contributed by atoms with E-state index >= 15 is 0 Å². The van der Waals surface area contributed by atoms with Crippen LogP contribution in [-0.2, 0) is 6.54 Å². The molecule has 0 aliphatic carbocycles. The van der Waals surface area contributed by atoms with Crippen molar-refractivity contribution in [3.63, 3.8) is 0 Å². The summed E-state index contributed by atoms with van der Waals surface area (Å²) in [5.41, 5.74) is 6.83. The van der Waals surface area contributed by atoms with Crippen LogP contribution in [0.4, 0.5) is 0 Å². The minimum atomic E-state index is 0.676. The molecule has 1 heterocycles. The summed E-state index contributed by atoms with van der Waals surface area (Å²) >= 11 is 0. The van der Waals surface area contributed by atoms with Gasteiger partial charge in [-0.05, 0) is 39.4 Å². The third-order valence-electron chi connectivity index (χ3n) is 4.19. The SMILES string of the molecule is CCOc1ccc(CN2CCN(CCCN)CC2)c(OCC)c1. The molecule has 1 saturated heterocycles. The topological polar surface area (TPSA) is 51.0 Å². The molecule has 0 amide bonds. The van der Waals surface area contributed by atoms with Crippen LogP contribution >= 0.6 is 0 Å². The van der Waals surface area contributed by atoms with Gasteiger partial charge in [0.2, 0.25) is 0 Å². The van der Waals surface area contributed by atoms with Crippen molar-refractivity contribution < 1.29 is 9.47 Å². The zero-order valence-corrected chi connectivity index (χ0v) is 14.6. The second kappa shape index (κ2) is 9.75.